The number of anilines is 2. The van der Waals surface area contributed by atoms with E-state index in [2.05, 4.69) is 21.4 Å². The van der Waals surface area contributed by atoms with Crippen molar-refractivity contribution in [1.29, 1.82) is 5.26 Å². The fraction of sp³-hybridized carbons (Fsp3) is 0.267. The first-order valence-electron chi connectivity index (χ1n) is 6.75. The Bertz CT molecular complexity index is 682. The third-order valence-corrected chi connectivity index (χ3v) is 3.50. The topological polar surface area (TPSA) is 64.8 Å². The lowest BCUT2D eigenvalue weighted by molar-refractivity contribution is 0.615. The van der Waals surface area contributed by atoms with Gasteiger partial charge in [-0.1, -0.05) is 0 Å². The number of pyridine rings is 2. The summed E-state index contributed by atoms with van der Waals surface area (Å²) in [6.07, 6.45) is 4.04. The number of aromatic nitrogens is 2. The number of nitriles is 1. The van der Waals surface area contributed by atoms with E-state index in [9.17, 15) is 4.39 Å². The third-order valence-electron chi connectivity index (χ3n) is 3.50. The van der Waals surface area contributed by atoms with Crippen molar-refractivity contribution in [2.24, 2.45) is 0 Å². The van der Waals surface area contributed by atoms with Crippen LogP contribution in [0.4, 0.5) is 15.9 Å². The molecule has 0 radical (unpaired) electrons. The zero-order valence-electron chi connectivity index (χ0n) is 11.3. The molecule has 21 heavy (non-hydrogen) atoms. The molecule has 3 heterocycles. The van der Waals surface area contributed by atoms with Crippen LogP contribution in [0, 0.1) is 17.1 Å². The Morgan fingerprint density at radius 1 is 1.29 bits per heavy atom. The fourth-order valence-electron chi connectivity index (χ4n) is 2.51. The number of nitrogens with zero attached hydrogens (tertiary/aromatic N) is 4. The van der Waals surface area contributed by atoms with Crippen molar-refractivity contribution in [2.45, 2.75) is 12.5 Å². The standard InChI is InChI=1S/C15H14FN5/c16-12-3-1-7-19-15(12)21-8-5-11(10-21)20-13-4-2-6-18-14(13)9-17/h1-4,6-7,11,20H,5,8,10H2. The summed E-state index contributed by atoms with van der Waals surface area (Å²) in [4.78, 5) is 10.0. The minimum atomic E-state index is -0.308. The fourth-order valence-corrected chi connectivity index (χ4v) is 2.51. The summed E-state index contributed by atoms with van der Waals surface area (Å²) in [7, 11) is 0. The van der Waals surface area contributed by atoms with Crippen LogP contribution in [0.5, 0.6) is 0 Å². The molecule has 1 unspecified atom stereocenters. The van der Waals surface area contributed by atoms with E-state index in [1.165, 1.54) is 6.07 Å². The molecule has 3 rings (SSSR count). The maximum atomic E-state index is 13.7. The van der Waals surface area contributed by atoms with E-state index in [1.54, 1.807) is 24.5 Å². The molecule has 1 fully saturated rings. The monoisotopic (exact) mass is 283 g/mol. The largest absolute Gasteiger partial charge is 0.378 e. The Balaban J connectivity index is 1.71. The highest BCUT2D eigenvalue weighted by molar-refractivity contribution is 5.54. The van der Waals surface area contributed by atoms with Crippen molar-refractivity contribution in [3.63, 3.8) is 0 Å². The van der Waals surface area contributed by atoms with Gasteiger partial charge in [0, 0.05) is 31.5 Å². The van der Waals surface area contributed by atoms with Gasteiger partial charge in [-0.05, 0) is 30.7 Å². The number of hydrogen-bond acceptors (Lipinski definition) is 5. The number of hydrogen-bond donors (Lipinski definition) is 1. The molecule has 5 nitrogen and oxygen atoms in total. The van der Waals surface area contributed by atoms with Gasteiger partial charge in [0.15, 0.2) is 17.3 Å². The minimum absolute atomic E-state index is 0.141. The molecule has 0 bridgehead atoms. The maximum Gasteiger partial charge on any atom is 0.165 e. The van der Waals surface area contributed by atoms with Gasteiger partial charge in [0.1, 0.15) is 6.07 Å². The molecule has 0 amide bonds. The van der Waals surface area contributed by atoms with E-state index in [1.807, 2.05) is 11.0 Å². The Morgan fingerprint density at radius 2 is 2.10 bits per heavy atom. The summed E-state index contributed by atoms with van der Waals surface area (Å²) < 4.78 is 13.7. The van der Waals surface area contributed by atoms with E-state index >= 15 is 0 Å². The van der Waals surface area contributed by atoms with Crippen LogP contribution in [-0.2, 0) is 0 Å². The van der Waals surface area contributed by atoms with Crippen LogP contribution in [0.15, 0.2) is 36.7 Å². The molecule has 2 aromatic rings. The van der Waals surface area contributed by atoms with Crippen LogP contribution < -0.4 is 10.2 Å². The molecule has 0 saturated carbocycles. The van der Waals surface area contributed by atoms with Gasteiger partial charge in [-0.15, -0.1) is 0 Å². The van der Waals surface area contributed by atoms with Crippen LogP contribution in [-0.4, -0.2) is 29.1 Å². The van der Waals surface area contributed by atoms with E-state index in [0.29, 0.717) is 23.7 Å². The van der Waals surface area contributed by atoms with Gasteiger partial charge >= 0.3 is 0 Å². The second-order valence-electron chi connectivity index (χ2n) is 4.90. The smallest absolute Gasteiger partial charge is 0.165 e. The number of rotatable bonds is 3. The number of halogens is 1. The van der Waals surface area contributed by atoms with Crippen LogP contribution in [0.1, 0.15) is 12.1 Å². The predicted molar refractivity (Wildman–Crippen MR) is 77.4 cm³/mol. The summed E-state index contributed by atoms with van der Waals surface area (Å²) in [5.74, 6) is 0.0748. The van der Waals surface area contributed by atoms with Gasteiger partial charge in [0.25, 0.3) is 0 Å². The highest BCUT2D eigenvalue weighted by atomic mass is 19.1. The molecule has 1 atom stereocenters. The highest BCUT2D eigenvalue weighted by Gasteiger charge is 2.25. The zero-order chi connectivity index (χ0) is 14.7. The van der Waals surface area contributed by atoms with Crippen molar-refractivity contribution >= 4 is 11.5 Å². The van der Waals surface area contributed by atoms with Crippen LogP contribution in [0.3, 0.4) is 0 Å². The minimum Gasteiger partial charge on any atom is -0.378 e. The molecular weight excluding hydrogens is 269 g/mol. The average Bonchev–Trinajstić information content (AvgIpc) is 2.96. The summed E-state index contributed by atoms with van der Waals surface area (Å²) in [5, 5.41) is 12.3. The quantitative estimate of drug-likeness (QED) is 0.935. The molecule has 0 aromatic carbocycles. The van der Waals surface area contributed by atoms with E-state index in [0.717, 1.165) is 13.0 Å². The van der Waals surface area contributed by atoms with Crippen LogP contribution in [0.25, 0.3) is 0 Å². The number of nitrogens with one attached hydrogen (secondary N) is 1. The summed E-state index contributed by atoms with van der Waals surface area (Å²) >= 11 is 0. The SMILES string of the molecule is N#Cc1ncccc1NC1CCN(c2ncccc2F)C1. The predicted octanol–water partition coefficient (Wildman–Crippen LogP) is 2.18. The van der Waals surface area contributed by atoms with Crippen molar-refractivity contribution in [3.8, 4) is 6.07 Å². The highest BCUT2D eigenvalue weighted by Crippen LogP contribution is 2.23. The van der Waals surface area contributed by atoms with Crippen molar-refractivity contribution in [3.05, 3.63) is 48.2 Å². The second-order valence-corrected chi connectivity index (χ2v) is 4.90. The van der Waals surface area contributed by atoms with Crippen molar-refractivity contribution in [2.75, 3.05) is 23.3 Å². The van der Waals surface area contributed by atoms with Gasteiger partial charge in [0.05, 0.1) is 5.69 Å². The molecule has 0 aliphatic carbocycles. The van der Waals surface area contributed by atoms with E-state index in [4.69, 9.17) is 5.26 Å². The van der Waals surface area contributed by atoms with Crippen LogP contribution in [0.2, 0.25) is 0 Å². The molecule has 2 aromatic heterocycles. The summed E-state index contributed by atoms with van der Waals surface area (Å²) in [6, 6.07) is 8.82. The lowest BCUT2D eigenvalue weighted by Gasteiger charge is -2.19. The Morgan fingerprint density at radius 3 is 2.90 bits per heavy atom. The Labute approximate surface area is 122 Å². The lowest BCUT2D eigenvalue weighted by atomic mass is 10.2. The van der Waals surface area contributed by atoms with Crippen molar-refractivity contribution in [1.82, 2.24) is 9.97 Å². The van der Waals surface area contributed by atoms with Gasteiger partial charge in [0.2, 0.25) is 0 Å². The van der Waals surface area contributed by atoms with Gasteiger partial charge in [-0.3, -0.25) is 0 Å². The first-order chi connectivity index (χ1) is 10.3. The van der Waals surface area contributed by atoms with Crippen LogP contribution >= 0.6 is 0 Å². The molecule has 106 valence electrons. The van der Waals surface area contributed by atoms with Gasteiger partial charge in [-0.2, -0.15) is 5.26 Å². The summed E-state index contributed by atoms with van der Waals surface area (Å²) in [6.45, 7) is 1.38. The third kappa shape index (κ3) is 2.77. The molecule has 0 spiro atoms. The van der Waals surface area contributed by atoms with E-state index < -0.39 is 0 Å². The first kappa shape index (κ1) is 13.3. The molecular formula is C15H14FN5. The van der Waals surface area contributed by atoms with Crippen molar-refractivity contribution < 1.29 is 4.39 Å². The Kier molecular flexibility index (Phi) is 3.65. The molecule has 1 aliphatic rings. The van der Waals surface area contributed by atoms with Gasteiger partial charge in [-0.25, -0.2) is 14.4 Å². The summed E-state index contributed by atoms with van der Waals surface area (Å²) in [5.41, 5.74) is 1.09. The first-order valence-corrected chi connectivity index (χ1v) is 6.75. The maximum absolute atomic E-state index is 13.7. The molecule has 6 heteroatoms. The normalized spacial score (nSPS) is 17.5. The average molecular weight is 283 g/mol. The zero-order valence-corrected chi connectivity index (χ0v) is 11.3. The Hall–Kier alpha value is -2.68. The molecule has 1 saturated heterocycles. The lowest BCUT2D eigenvalue weighted by Crippen LogP contribution is -2.27. The van der Waals surface area contributed by atoms with Gasteiger partial charge < -0.3 is 10.2 Å². The molecule has 1 aliphatic heterocycles. The molecule has 1 N–H and O–H groups in total. The van der Waals surface area contributed by atoms with E-state index in [-0.39, 0.29) is 11.9 Å². The second kappa shape index (κ2) is 5.75.